The van der Waals surface area contributed by atoms with Crippen LogP contribution in [0.4, 0.5) is 0 Å². The summed E-state index contributed by atoms with van der Waals surface area (Å²) in [6.45, 7) is 7.63. The quantitative estimate of drug-likeness (QED) is 0.0346. The Morgan fingerprint density at radius 3 is 1.19 bits per heavy atom. The van der Waals surface area contributed by atoms with E-state index in [4.69, 9.17) is 14.2 Å². The molecule has 0 aromatic heterocycles. The van der Waals surface area contributed by atoms with Crippen molar-refractivity contribution in [2.75, 3.05) is 19.8 Å². The molecule has 0 aliphatic rings. The summed E-state index contributed by atoms with van der Waals surface area (Å²) in [5.41, 5.74) is 0. The van der Waals surface area contributed by atoms with Gasteiger partial charge in [0.05, 0.1) is 6.61 Å². The maximum Gasteiger partial charge on any atom is 0.306 e. The van der Waals surface area contributed by atoms with Crippen molar-refractivity contribution in [2.24, 2.45) is 0 Å². The first-order valence-electron chi connectivity index (χ1n) is 27.1. The van der Waals surface area contributed by atoms with Crippen molar-refractivity contribution in [2.45, 2.75) is 258 Å². The van der Waals surface area contributed by atoms with Gasteiger partial charge in [-0.3, -0.25) is 9.59 Å². The molecule has 0 amide bonds. The first-order chi connectivity index (χ1) is 31.6. The second kappa shape index (κ2) is 54.4. The van der Waals surface area contributed by atoms with Gasteiger partial charge in [0.2, 0.25) is 0 Å². The Bertz CT molecular complexity index is 1190. The van der Waals surface area contributed by atoms with Gasteiger partial charge in [0.25, 0.3) is 0 Å². The van der Waals surface area contributed by atoms with E-state index in [9.17, 15) is 9.59 Å². The minimum absolute atomic E-state index is 0.0678. The summed E-state index contributed by atoms with van der Waals surface area (Å²) >= 11 is 0. The highest BCUT2D eigenvalue weighted by atomic mass is 16.6. The lowest BCUT2D eigenvalue weighted by Crippen LogP contribution is -2.30. The average molecular weight is 891 g/mol. The van der Waals surface area contributed by atoms with E-state index in [1.165, 1.54) is 122 Å². The molecular weight excluding hydrogens is 789 g/mol. The van der Waals surface area contributed by atoms with Crippen molar-refractivity contribution >= 4 is 11.9 Å². The molecule has 0 rings (SSSR count). The second-order valence-electron chi connectivity index (χ2n) is 17.7. The van der Waals surface area contributed by atoms with E-state index >= 15 is 0 Å². The van der Waals surface area contributed by atoms with Gasteiger partial charge in [0.15, 0.2) is 6.10 Å². The fourth-order valence-corrected chi connectivity index (χ4v) is 7.34. The van der Waals surface area contributed by atoms with Crippen molar-refractivity contribution in [3.63, 3.8) is 0 Å². The molecule has 5 nitrogen and oxygen atoms in total. The van der Waals surface area contributed by atoms with E-state index in [2.05, 4.69) is 106 Å². The van der Waals surface area contributed by atoms with Crippen molar-refractivity contribution in [3.05, 3.63) is 85.1 Å². The molecule has 0 aliphatic carbocycles. The van der Waals surface area contributed by atoms with E-state index in [-0.39, 0.29) is 25.2 Å². The third-order valence-corrected chi connectivity index (χ3v) is 11.4. The summed E-state index contributed by atoms with van der Waals surface area (Å²) in [5.74, 6) is -0.431. The fourth-order valence-electron chi connectivity index (χ4n) is 7.34. The monoisotopic (exact) mass is 891 g/mol. The number of esters is 2. The zero-order valence-electron chi connectivity index (χ0n) is 42.3. The molecule has 1 atom stereocenters. The van der Waals surface area contributed by atoms with Gasteiger partial charge in [-0.05, 0) is 109 Å². The molecule has 1 unspecified atom stereocenters. The average Bonchev–Trinajstić information content (AvgIpc) is 3.30. The van der Waals surface area contributed by atoms with Crippen LogP contribution in [0.5, 0.6) is 0 Å². The Morgan fingerprint density at radius 1 is 0.359 bits per heavy atom. The molecule has 368 valence electrons. The van der Waals surface area contributed by atoms with E-state index in [0.717, 1.165) is 96.3 Å². The molecule has 5 heteroatoms. The van der Waals surface area contributed by atoms with Crippen LogP contribution in [-0.2, 0) is 23.8 Å². The molecule has 0 N–H and O–H groups in total. The number of ether oxygens (including phenoxy) is 3. The number of hydrogen-bond donors (Lipinski definition) is 0. The summed E-state index contributed by atoms with van der Waals surface area (Å²) in [5, 5.41) is 0. The number of rotatable bonds is 49. The molecule has 0 fully saturated rings. The van der Waals surface area contributed by atoms with E-state index < -0.39 is 6.10 Å². The maximum absolute atomic E-state index is 12.8. The summed E-state index contributed by atoms with van der Waals surface area (Å²) in [6, 6.07) is 0. The number of carbonyl (C=O) groups excluding carboxylic acids is 2. The first kappa shape index (κ1) is 61.1. The van der Waals surface area contributed by atoms with Gasteiger partial charge in [0.1, 0.15) is 6.61 Å². The van der Waals surface area contributed by atoms with Crippen LogP contribution in [0.25, 0.3) is 0 Å². The Labute approximate surface area is 397 Å². The van der Waals surface area contributed by atoms with Gasteiger partial charge >= 0.3 is 11.9 Å². The lowest BCUT2D eigenvalue weighted by molar-refractivity contribution is -0.163. The molecule has 0 aromatic carbocycles. The molecule has 0 aliphatic heterocycles. The van der Waals surface area contributed by atoms with Crippen molar-refractivity contribution < 1.29 is 23.8 Å². The van der Waals surface area contributed by atoms with E-state index in [1.54, 1.807) is 0 Å². The summed E-state index contributed by atoms with van der Waals surface area (Å²) in [4.78, 5) is 25.5. The van der Waals surface area contributed by atoms with Crippen LogP contribution in [0.2, 0.25) is 0 Å². The topological polar surface area (TPSA) is 61.8 Å². The Kier molecular flexibility index (Phi) is 51.9. The van der Waals surface area contributed by atoms with Gasteiger partial charge < -0.3 is 14.2 Å². The van der Waals surface area contributed by atoms with Crippen LogP contribution in [0.3, 0.4) is 0 Å². The number of carbonyl (C=O) groups is 2. The van der Waals surface area contributed by atoms with Crippen LogP contribution in [0.1, 0.15) is 252 Å². The molecular formula is C59H102O5. The Hall–Kier alpha value is -2.92. The molecule has 0 saturated heterocycles. The van der Waals surface area contributed by atoms with E-state index in [0.29, 0.717) is 19.4 Å². The Morgan fingerprint density at radius 2 is 0.719 bits per heavy atom. The van der Waals surface area contributed by atoms with Crippen LogP contribution in [-0.4, -0.2) is 37.9 Å². The van der Waals surface area contributed by atoms with Crippen LogP contribution >= 0.6 is 0 Å². The van der Waals surface area contributed by atoms with Crippen molar-refractivity contribution in [1.82, 2.24) is 0 Å². The molecule has 0 saturated carbocycles. The van der Waals surface area contributed by atoms with Crippen molar-refractivity contribution in [3.8, 4) is 0 Å². The van der Waals surface area contributed by atoms with Gasteiger partial charge in [-0.25, -0.2) is 0 Å². The van der Waals surface area contributed by atoms with E-state index in [1.807, 2.05) is 0 Å². The highest BCUT2D eigenvalue weighted by Crippen LogP contribution is 2.14. The second-order valence-corrected chi connectivity index (χ2v) is 17.7. The molecule has 0 bridgehead atoms. The highest BCUT2D eigenvalue weighted by Gasteiger charge is 2.17. The summed E-state index contributed by atoms with van der Waals surface area (Å²) in [7, 11) is 0. The minimum atomic E-state index is -0.557. The fraction of sp³-hybridized carbons (Fsp3) is 0.729. The first-order valence-corrected chi connectivity index (χ1v) is 27.1. The summed E-state index contributed by atoms with van der Waals surface area (Å²) in [6.07, 6.45) is 71.6. The standard InChI is InChI=1S/C59H102O5/c1-4-7-10-13-16-19-22-25-27-29-30-32-33-35-37-40-43-46-49-52-58(60)63-56-57(55-62-54-51-48-45-42-39-24-21-18-15-12-9-6-3)64-59(61)53-50-47-44-41-38-36-34-31-28-26-23-20-17-14-11-8-5-2/h8,11,15-20,25-28,34,36,57H,4-7,9-10,12-14,21-24,29-33,35,37-56H2,1-3H3/b11-8-,18-15-,19-16-,20-17-,27-25-,28-26-,36-34-. The smallest absolute Gasteiger partial charge is 0.306 e. The van der Waals surface area contributed by atoms with Gasteiger partial charge in [-0.1, -0.05) is 215 Å². The highest BCUT2D eigenvalue weighted by molar-refractivity contribution is 5.70. The van der Waals surface area contributed by atoms with Gasteiger partial charge in [-0.2, -0.15) is 0 Å². The normalized spacial score (nSPS) is 12.9. The number of unbranched alkanes of at least 4 members (excludes halogenated alkanes) is 24. The summed E-state index contributed by atoms with van der Waals surface area (Å²) < 4.78 is 17.4. The minimum Gasteiger partial charge on any atom is -0.462 e. The molecule has 0 radical (unpaired) electrons. The lowest BCUT2D eigenvalue weighted by atomic mass is 10.1. The van der Waals surface area contributed by atoms with Crippen LogP contribution in [0, 0.1) is 0 Å². The SMILES string of the molecule is CC/C=C\C/C=C\C/C=C\C/C=C\CCCCCCC(=O)OC(COCCCCCCCC/C=C\CCCC)COC(=O)CCCCCCCCCCC/C=C\C/C=C\CCCCC. The zero-order chi connectivity index (χ0) is 46.3. The largest absolute Gasteiger partial charge is 0.462 e. The Balaban J connectivity index is 4.29. The predicted molar refractivity (Wildman–Crippen MR) is 279 cm³/mol. The molecule has 0 spiro atoms. The zero-order valence-corrected chi connectivity index (χ0v) is 42.3. The van der Waals surface area contributed by atoms with Crippen LogP contribution < -0.4 is 0 Å². The molecule has 64 heavy (non-hydrogen) atoms. The van der Waals surface area contributed by atoms with Crippen LogP contribution in [0.15, 0.2) is 85.1 Å². The predicted octanol–water partition coefficient (Wildman–Crippen LogP) is 18.5. The van der Waals surface area contributed by atoms with Gasteiger partial charge in [-0.15, -0.1) is 0 Å². The number of allylic oxidation sites excluding steroid dienone is 14. The number of hydrogen-bond acceptors (Lipinski definition) is 5. The maximum atomic E-state index is 12.8. The third-order valence-electron chi connectivity index (χ3n) is 11.4. The lowest BCUT2D eigenvalue weighted by Gasteiger charge is -2.18. The molecule has 0 aromatic rings. The van der Waals surface area contributed by atoms with Crippen molar-refractivity contribution in [1.29, 1.82) is 0 Å². The molecule has 0 heterocycles. The third kappa shape index (κ3) is 51.7. The van der Waals surface area contributed by atoms with Gasteiger partial charge in [0, 0.05) is 19.4 Å².